The molecular formula is C20H21BO4. The van der Waals surface area contributed by atoms with Crippen molar-refractivity contribution < 1.29 is 19.0 Å². The number of carbonyl (C=O) groups is 1. The van der Waals surface area contributed by atoms with Crippen LogP contribution in [0.15, 0.2) is 55.1 Å². The van der Waals surface area contributed by atoms with Gasteiger partial charge >= 0.3 is 5.97 Å². The lowest BCUT2D eigenvalue weighted by atomic mass is 9.88. The summed E-state index contributed by atoms with van der Waals surface area (Å²) in [5.41, 5.74) is 3.11. The van der Waals surface area contributed by atoms with E-state index in [4.69, 9.17) is 14.2 Å². The summed E-state index contributed by atoms with van der Waals surface area (Å²) in [6.45, 7) is 6.07. The Bertz CT molecular complexity index is 779. The molecule has 4 nitrogen and oxygen atoms in total. The molecule has 128 valence electrons. The second-order valence-electron chi connectivity index (χ2n) is 5.50. The molecule has 0 saturated carbocycles. The minimum atomic E-state index is -0.431. The van der Waals surface area contributed by atoms with Crippen molar-refractivity contribution in [1.29, 1.82) is 0 Å². The molecule has 0 atom stereocenters. The maximum atomic E-state index is 12.4. The van der Waals surface area contributed by atoms with E-state index in [0.717, 1.165) is 16.6 Å². The molecule has 0 unspecified atom stereocenters. The number of benzene rings is 2. The van der Waals surface area contributed by atoms with Crippen LogP contribution in [0, 0.1) is 0 Å². The van der Waals surface area contributed by atoms with E-state index in [2.05, 4.69) is 6.58 Å². The predicted octanol–water partition coefficient (Wildman–Crippen LogP) is 3.53. The number of ether oxygens (including phenoxy) is 3. The Morgan fingerprint density at radius 3 is 2.52 bits per heavy atom. The first kappa shape index (κ1) is 18.6. The van der Waals surface area contributed by atoms with E-state index < -0.39 is 5.97 Å². The molecular weight excluding hydrogens is 315 g/mol. The van der Waals surface area contributed by atoms with Gasteiger partial charge in [-0.2, -0.15) is 0 Å². The zero-order valence-corrected chi connectivity index (χ0v) is 14.7. The second-order valence-corrected chi connectivity index (χ2v) is 5.50. The molecule has 0 bridgehead atoms. The van der Waals surface area contributed by atoms with Gasteiger partial charge in [0.05, 0.1) is 5.56 Å². The van der Waals surface area contributed by atoms with Crippen LogP contribution in [0.1, 0.15) is 28.4 Å². The van der Waals surface area contributed by atoms with Crippen molar-refractivity contribution in [1.82, 2.24) is 0 Å². The topological polar surface area (TPSA) is 44.8 Å². The standard InChI is InChI=1S/C20H21BO4/c1-4-5-15-6-11-19(18(12-15)14(2)21)25-20(22)16-7-9-17(10-8-16)24-13-23-3/h4-12H,2,13,21H2,1,3H3/b5-4+. The van der Waals surface area contributed by atoms with Crippen LogP contribution in [0.5, 0.6) is 11.5 Å². The molecule has 0 heterocycles. The van der Waals surface area contributed by atoms with Crippen LogP contribution in [0.3, 0.4) is 0 Å². The molecule has 0 radical (unpaired) electrons. The number of hydrogen-bond acceptors (Lipinski definition) is 4. The molecule has 0 aliphatic rings. The van der Waals surface area contributed by atoms with E-state index in [1.165, 1.54) is 0 Å². The third kappa shape index (κ3) is 5.09. The molecule has 2 aromatic carbocycles. The van der Waals surface area contributed by atoms with Crippen molar-refractivity contribution in [2.45, 2.75) is 6.92 Å². The summed E-state index contributed by atoms with van der Waals surface area (Å²) >= 11 is 0. The van der Waals surface area contributed by atoms with E-state index in [1.807, 2.05) is 39.1 Å². The number of esters is 1. The summed E-state index contributed by atoms with van der Waals surface area (Å²) in [6.07, 6.45) is 3.94. The van der Waals surface area contributed by atoms with Gasteiger partial charge in [-0.25, -0.2) is 4.79 Å². The van der Waals surface area contributed by atoms with Gasteiger partial charge in [-0.1, -0.05) is 23.7 Å². The Balaban J connectivity index is 2.18. The Morgan fingerprint density at radius 1 is 1.20 bits per heavy atom. The molecule has 5 heteroatoms. The number of methoxy groups -OCH3 is 1. The van der Waals surface area contributed by atoms with Crippen molar-refractivity contribution in [3.63, 3.8) is 0 Å². The highest BCUT2D eigenvalue weighted by Crippen LogP contribution is 2.26. The third-order valence-corrected chi connectivity index (χ3v) is 3.46. The van der Waals surface area contributed by atoms with Crippen LogP contribution in [-0.4, -0.2) is 27.7 Å². The van der Waals surface area contributed by atoms with Gasteiger partial charge < -0.3 is 14.2 Å². The lowest BCUT2D eigenvalue weighted by molar-refractivity contribution is 0.0511. The molecule has 0 aliphatic carbocycles. The first-order valence-corrected chi connectivity index (χ1v) is 7.91. The summed E-state index contributed by atoms with van der Waals surface area (Å²) in [7, 11) is 3.43. The van der Waals surface area contributed by atoms with Crippen molar-refractivity contribution in [2.24, 2.45) is 0 Å². The van der Waals surface area contributed by atoms with Gasteiger partial charge in [0.25, 0.3) is 0 Å². The molecule has 2 aromatic rings. The second kappa shape index (κ2) is 8.90. The van der Waals surface area contributed by atoms with Gasteiger partial charge in [-0.05, 0) is 48.9 Å². The zero-order chi connectivity index (χ0) is 18.2. The van der Waals surface area contributed by atoms with Gasteiger partial charge in [0, 0.05) is 12.7 Å². The van der Waals surface area contributed by atoms with Crippen LogP contribution in [-0.2, 0) is 4.74 Å². The summed E-state index contributed by atoms with van der Waals surface area (Å²) < 4.78 is 15.7. The Hall–Kier alpha value is -2.79. The lowest BCUT2D eigenvalue weighted by Gasteiger charge is -2.12. The van der Waals surface area contributed by atoms with Gasteiger partial charge in [-0.15, -0.1) is 6.58 Å². The molecule has 25 heavy (non-hydrogen) atoms. The van der Waals surface area contributed by atoms with E-state index in [1.54, 1.807) is 37.4 Å². The van der Waals surface area contributed by atoms with E-state index in [9.17, 15) is 4.79 Å². The highest BCUT2D eigenvalue weighted by molar-refractivity contribution is 6.42. The fourth-order valence-electron chi connectivity index (χ4n) is 2.24. The normalized spacial score (nSPS) is 10.6. The predicted molar refractivity (Wildman–Crippen MR) is 103 cm³/mol. The summed E-state index contributed by atoms with van der Waals surface area (Å²) in [5.74, 6) is 0.682. The molecule has 0 aliphatic heterocycles. The fraction of sp³-hybridized carbons (Fsp3) is 0.150. The Morgan fingerprint density at radius 2 is 1.92 bits per heavy atom. The maximum absolute atomic E-state index is 12.4. The summed E-state index contributed by atoms with van der Waals surface area (Å²) in [6, 6.07) is 12.3. The third-order valence-electron chi connectivity index (χ3n) is 3.46. The lowest BCUT2D eigenvalue weighted by Crippen LogP contribution is -2.10. The van der Waals surface area contributed by atoms with Gasteiger partial charge in [0.2, 0.25) is 0 Å². The highest BCUT2D eigenvalue weighted by Gasteiger charge is 2.13. The molecule has 0 amide bonds. The van der Waals surface area contributed by atoms with Crippen LogP contribution < -0.4 is 9.47 Å². The molecule has 0 saturated heterocycles. The molecule has 0 fully saturated rings. The van der Waals surface area contributed by atoms with Crippen molar-refractivity contribution in [3.8, 4) is 11.5 Å². The first-order valence-electron chi connectivity index (χ1n) is 7.91. The molecule has 2 rings (SSSR count). The Kier molecular flexibility index (Phi) is 6.60. The van der Waals surface area contributed by atoms with Crippen molar-refractivity contribution >= 4 is 25.4 Å². The van der Waals surface area contributed by atoms with E-state index in [-0.39, 0.29) is 6.79 Å². The average molecular weight is 336 g/mol. The van der Waals surface area contributed by atoms with E-state index in [0.29, 0.717) is 17.1 Å². The molecule has 0 spiro atoms. The van der Waals surface area contributed by atoms with Crippen molar-refractivity contribution in [2.75, 3.05) is 13.9 Å². The van der Waals surface area contributed by atoms with Crippen LogP contribution >= 0.6 is 0 Å². The quantitative estimate of drug-likeness (QED) is 0.336. The van der Waals surface area contributed by atoms with Gasteiger partial charge in [-0.3, -0.25) is 0 Å². The molecule has 0 aromatic heterocycles. The maximum Gasteiger partial charge on any atom is 0.343 e. The molecule has 0 N–H and O–H groups in total. The smallest absolute Gasteiger partial charge is 0.343 e. The zero-order valence-electron chi connectivity index (χ0n) is 14.7. The minimum Gasteiger partial charge on any atom is -0.468 e. The number of allylic oxidation sites excluding steroid dienone is 1. The SMILES string of the molecule is BC(=C)c1cc(/C=C/C)ccc1OC(=O)c1ccc(OCOC)cc1. The number of rotatable bonds is 7. The number of hydrogen-bond donors (Lipinski definition) is 0. The average Bonchev–Trinajstić information content (AvgIpc) is 2.61. The van der Waals surface area contributed by atoms with Gasteiger partial charge in [0.15, 0.2) is 6.79 Å². The largest absolute Gasteiger partial charge is 0.468 e. The monoisotopic (exact) mass is 336 g/mol. The van der Waals surface area contributed by atoms with Crippen LogP contribution in [0.4, 0.5) is 0 Å². The highest BCUT2D eigenvalue weighted by atomic mass is 16.7. The van der Waals surface area contributed by atoms with Crippen molar-refractivity contribution in [3.05, 3.63) is 71.8 Å². The Labute approximate surface area is 149 Å². The first-order chi connectivity index (χ1) is 12.0. The summed E-state index contributed by atoms with van der Waals surface area (Å²) in [5, 5.41) is 0. The van der Waals surface area contributed by atoms with Gasteiger partial charge in [0.1, 0.15) is 19.3 Å². The van der Waals surface area contributed by atoms with E-state index >= 15 is 0 Å². The van der Waals surface area contributed by atoms with Crippen LogP contribution in [0.2, 0.25) is 0 Å². The van der Waals surface area contributed by atoms with Crippen LogP contribution in [0.25, 0.3) is 11.5 Å². The summed E-state index contributed by atoms with van der Waals surface area (Å²) in [4.78, 5) is 12.4. The number of carbonyl (C=O) groups excluding carboxylic acids is 1. The minimum absolute atomic E-state index is 0.157. The fourth-order valence-corrected chi connectivity index (χ4v) is 2.24.